The molecular formula is C18H20N2OS. The molecule has 0 amide bonds. The monoisotopic (exact) mass is 312 g/mol. The zero-order chi connectivity index (χ0) is 15.4. The molecule has 0 bridgehead atoms. The van der Waals surface area contributed by atoms with Crippen molar-refractivity contribution in [3.05, 3.63) is 57.8 Å². The first-order valence-electron chi connectivity index (χ1n) is 7.71. The van der Waals surface area contributed by atoms with Crippen molar-refractivity contribution in [3.8, 4) is 6.07 Å². The number of likely N-dealkylation sites (tertiary alicyclic amines) is 1. The topological polar surface area (TPSA) is 47.3 Å². The van der Waals surface area contributed by atoms with Gasteiger partial charge in [-0.2, -0.15) is 5.26 Å². The number of hydrogen-bond donors (Lipinski definition) is 1. The van der Waals surface area contributed by atoms with Gasteiger partial charge in [0.25, 0.3) is 0 Å². The lowest BCUT2D eigenvalue weighted by atomic mass is 10.0. The number of nitriles is 1. The number of nitrogens with zero attached hydrogens (tertiary/aromatic N) is 2. The summed E-state index contributed by atoms with van der Waals surface area (Å²) < 4.78 is 0. The Morgan fingerprint density at radius 1 is 1.36 bits per heavy atom. The first-order valence-corrected chi connectivity index (χ1v) is 8.59. The summed E-state index contributed by atoms with van der Waals surface area (Å²) in [5.74, 6) is 0. The Morgan fingerprint density at radius 3 is 2.91 bits per heavy atom. The number of aliphatic hydroxyl groups excluding tert-OH is 1. The lowest BCUT2D eigenvalue weighted by Gasteiger charge is -2.26. The first-order chi connectivity index (χ1) is 10.8. The Balaban J connectivity index is 1.62. The lowest BCUT2D eigenvalue weighted by molar-refractivity contribution is 0.118. The SMILES string of the molecule is N#Cc1csc(CN2CCCC2CC(O)c2ccccc2)c1. The van der Waals surface area contributed by atoms with Gasteiger partial charge in [0.1, 0.15) is 6.07 Å². The van der Waals surface area contributed by atoms with Gasteiger partial charge in [0.15, 0.2) is 0 Å². The minimum absolute atomic E-state index is 0.398. The summed E-state index contributed by atoms with van der Waals surface area (Å²) >= 11 is 1.65. The molecule has 2 unspecified atom stereocenters. The standard InChI is InChI=1S/C18H20N2OS/c19-11-14-9-17(22-13-14)12-20-8-4-7-16(20)10-18(21)15-5-2-1-3-6-15/h1-3,5-6,9,13,16,18,21H,4,7-8,10,12H2. The highest BCUT2D eigenvalue weighted by atomic mass is 32.1. The lowest BCUT2D eigenvalue weighted by Crippen LogP contribution is -2.30. The number of benzene rings is 1. The summed E-state index contributed by atoms with van der Waals surface area (Å²) in [7, 11) is 0. The van der Waals surface area contributed by atoms with Crippen molar-refractivity contribution in [1.29, 1.82) is 5.26 Å². The maximum Gasteiger partial charge on any atom is 0.100 e. The normalized spacial score (nSPS) is 19.9. The molecule has 0 spiro atoms. The van der Waals surface area contributed by atoms with Crippen molar-refractivity contribution in [2.45, 2.75) is 38.0 Å². The van der Waals surface area contributed by atoms with Crippen LogP contribution >= 0.6 is 11.3 Å². The second-order valence-corrected chi connectivity index (χ2v) is 6.84. The molecule has 1 aliphatic rings. The van der Waals surface area contributed by atoms with Gasteiger partial charge >= 0.3 is 0 Å². The predicted molar refractivity (Wildman–Crippen MR) is 88.5 cm³/mol. The van der Waals surface area contributed by atoms with Crippen LogP contribution < -0.4 is 0 Å². The van der Waals surface area contributed by atoms with Gasteiger partial charge in [0.05, 0.1) is 11.7 Å². The maximum atomic E-state index is 10.4. The third kappa shape index (κ3) is 3.56. The molecule has 4 heteroatoms. The Hall–Kier alpha value is -1.67. The van der Waals surface area contributed by atoms with Crippen molar-refractivity contribution < 1.29 is 5.11 Å². The molecule has 0 aliphatic carbocycles. The quantitative estimate of drug-likeness (QED) is 0.915. The van der Waals surface area contributed by atoms with Gasteiger partial charge in [-0.15, -0.1) is 11.3 Å². The Bertz CT molecular complexity index is 647. The van der Waals surface area contributed by atoms with Crippen molar-refractivity contribution in [1.82, 2.24) is 4.90 Å². The zero-order valence-corrected chi connectivity index (χ0v) is 13.3. The number of rotatable bonds is 5. The molecule has 2 heterocycles. The highest BCUT2D eigenvalue weighted by molar-refractivity contribution is 7.10. The average Bonchev–Trinajstić information content (AvgIpc) is 3.18. The number of aliphatic hydroxyl groups is 1. The molecule has 1 saturated heterocycles. The Labute approximate surface area is 135 Å². The fourth-order valence-corrected chi connectivity index (χ4v) is 4.00. The van der Waals surface area contributed by atoms with E-state index in [1.807, 2.05) is 41.8 Å². The van der Waals surface area contributed by atoms with Gasteiger partial charge < -0.3 is 5.11 Å². The minimum atomic E-state index is -0.398. The first kappa shape index (κ1) is 15.2. The van der Waals surface area contributed by atoms with Crippen LogP contribution in [0.4, 0.5) is 0 Å². The van der Waals surface area contributed by atoms with E-state index >= 15 is 0 Å². The van der Waals surface area contributed by atoms with E-state index in [2.05, 4.69) is 11.0 Å². The van der Waals surface area contributed by atoms with Gasteiger partial charge in [0.2, 0.25) is 0 Å². The van der Waals surface area contributed by atoms with Crippen LogP contribution in [-0.2, 0) is 6.54 Å². The van der Waals surface area contributed by atoms with Crippen LogP contribution in [0.5, 0.6) is 0 Å². The second kappa shape index (κ2) is 7.06. The van der Waals surface area contributed by atoms with Crippen molar-refractivity contribution in [3.63, 3.8) is 0 Å². The third-order valence-corrected chi connectivity index (χ3v) is 5.24. The summed E-state index contributed by atoms with van der Waals surface area (Å²) in [5.41, 5.74) is 1.75. The van der Waals surface area contributed by atoms with Crippen LogP contribution in [0.3, 0.4) is 0 Å². The third-order valence-electron chi connectivity index (χ3n) is 4.32. The molecule has 22 heavy (non-hydrogen) atoms. The minimum Gasteiger partial charge on any atom is -0.388 e. The molecule has 1 aromatic heterocycles. The van der Waals surface area contributed by atoms with E-state index in [0.717, 1.165) is 37.1 Å². The van der Waals surface area contributed by atoms with Gasteiger partial charge in [-0.05, 0) is 37.4 Å². The molecule has 0 saturated carbocycles. The number of hydrogen-bond acceptors (Lipinski definition) is 4. The smallest absolute Gasteiger partial charge is 0.100 e. The van der Waals surface area contributed by atoms with Crippen LogP contribution in [0.25, 0.3) is 0 Å². The fraction of sp³-hybridized carbons (Fsp3) is 0.389. The summed E-state index contributed by atoms with van der Waals surface area (Å²) in [6.45, 7) is 1.96. The zero-order valence-electron chi connectivity index (χ0n) is 12.5. The van der Waals surface area contributed by atoms with Gasteiger partial charge in [-0.3, -0.25) is 4.90 Å². The van der Waals surface area contributed by atoms with E-state index in [0.29, 0.717) is 6.04 Å². The maximum absolute atomic E-state index is 10.4. The molecular weight excluding hydrogens is 292 g/mol. The summed E-state index contributed by atoms with van der Waals surface area (Å²) in [5, 5.41) is 21.3. The Kier molecular flexibility index (Phi) is 4.89. The van der Waals surface area contributed by atoms with Crippen molar-refractivity contribution in [2.24, 2.45) is 0 Å². The molecule has 3 nitrogen and oxygen atoms in total. The van der Waals surface area contributed by atoms with Crippen LogP contribution in [0, 0.1) is 11.3 Å². The van der Waals surface area contributed by atoms with E-state index in [4.69, 9.17) is 5.26 Å². The number of thiophene rings is 1. The summed E-state index contributed by atoms with van der Waals surface area (Å²) in [4.78, 5) is 3.68. The average molecular weight is 312 g/mol. The van der Waals surface area contributed by atoms with Crippen LogP contribution in [-0.4, -0.2) is 22.6 Å². The molecule has 1 N–H and O–H groups in total. The van der Waals surface area contributed by atoms with E-state index in [1.54, 1.807) is 11.3 Å². The molecule has 1 aliphatic heterocycles. The molecule has 1 fully saturated rings. The molecule has 2 atom stereocenters. The van der Waals surface area contributed by atoms with Gasteiger partial charge in [-0.1, -0.05) is 30.3 Å². The van der Waals surface area contributed by atoms with E-state index in [9.17, 15) is 5.11 Å². The summed E-state index contributed by atoms with van der Waals surface area (Å²) in [6, 6.07) is 14.5. The molecule has 114 valence electrons. The van der Waals surface area contributed by atoms with E-state index < -0.39 is 6.10 Å². The van der Waals surface area contributed by atoms with Crippen LogP contribution in [0.1, 0.15) is 41.4 Å². The molecule has 3 rings (SSSR count). The fourth-order valence-electron chi connectivity index (χ4n) is 3.16. The second-order valence-electron chi connectivity index (χ2n) is 5.84. The largest absolute Gasteiger partial charge is 0.388 e. The van der Waals surface area contributed by atoms with Crippen molar-refractivity contribution >= 4 is 11.3 Å². The molecule has 0 radical (unpaired) electrons. The highest BCUT2D eigenvalue weighted by Crippen LogP contribution is 2.29. The molecule has 1 aromatic carbocycles. The van der Waals surface area contributed by atoms with Gasteiger partial charge in [-0.25, -0.2) is 0 Å². The highest BCUT2D eigenvalue weighted by Gasteiger charge is 2.27. The van der Waals surface area contributed by atoms with Crippen LogP contribution in [0.2, 0.25) is 0 Å². The van der Waals surface area contributed by atoms with Crippen LogP contribution in [0.15, 0.2) is 41.8 Å². The van der Waals surface area contributed by atoms with Crippen molar-refractivity contribution in [2.75, 3.05) is 6.54 Å². The molecule has 2 aromatic rings. The summed E-state index contributed by atoms with van der Waals surface area (Å²) in [6.07, 6.45) is 2.70. The van der Waals surface area contributed by atoms with E-state index in [1.165, 1.54) is 11.3 Å². The predicted octanol–water partition coefficient (Wildman–Crippen LogP) is 3.71. The van der Waals surface area contributed by atoms with Gasteiger partial charge in [0, 0.05) is 22.8 Å². The Morgan fingerprint density at radius 2 is 2.18 bits per heavy atom. The van der Waals surface area contributed by atoms with E-state index in [-0.39, 0.29) is 0 Å².